The van der Waals surface area contributed by atoms with Crippen LogP contribution in [0.3, 0.4) is 0 Å². The summed E-state index contributed by atoms with van der Waals surface area (Å²) in [5.74, 6) is 0.334. The van der Waals surface area contributed by atoms with E-state index in [1.54, 1.807) is 0 Å². The molecule has 0 saturated carbocycles. The zero-order valence-corrected chi connectivity index (χ0v) is 25.4. The van der Waals surface area contributed by atoms with Gasteiger partial charge in [-0.2, -0.15) is 0 Å². The van der Waals surface area contributed by atoms with Crippen LogP contribution >= 0.6 is 11.3 Å². The van der Waals surface area contributed by atoms with E-state index in [0.717, 1.165) is 42.8 Å². The number of nitrogens with one attached hydrogen (secondary N) is 1. The van der Waals surface area contributed by atoms with Crippen LogP contribution < -0.4 is 5.32 Å². The molecule has 0 bridgehead atoms. The maximum atomic E-state index is 13.6. The fraction of sp³-hybridized carbons (Fsp3) is 0.382. The van der Waals surface area contributed by atoms with Crippen LogP contribution in [0.15, 0.2) is 84.9 Å². The first-order valence-electron chi connectivity index (χ1n) is 15.0. The molecule has 1 saturated heterocycles. The third-order valence-electron chi connectivity index (χ3n) is 8.10. The van der Waals surface area contributed by atoms with Crippen LogP contribution in [0.25, 0.3) is 10.2 Å². The molecule has 1 aliphatic heterocycles. The molecule has 42 heavy (non-hydrogen) atoms. The summed E-state index contributed by atoms with van der Waals surface area (Å²) in [6.45, 7) is 8.85. The van der Waals surface area contributed by atoms with E-state index in [4.69, 9.17) is 0 Å². The molecule has 1 aromatic heterocycles. The van der Waals surface area contributed by atoms with Gasteiger partial charge in [-0.3, -0.25) is 15.0 Å². The summed E-state index contributed by atoms with van der Waals surface area (Å²) in [5.41, 5.74) is 3.33. The molecule has 220 valence electrons. The first-order chi connectivity index (χ1) is 20.5. The molecule has 3 amide bonds. The number of nitrogens with zero attached hydrogens (tertiary/aromatic N) is 4. The average molecular weight is 584 g/mol. The number of hydrogen-bond donors (Lipinski definition) is 1. The standard InChI is InChI=1S/C34H41N5O2S/c1-26(2)37-22-24-38(25-23-37)32(40)18-11-20-39(34(41)36-33-35-30-16-9-10-17-31(30)42-33)21-19-29(27-12-5-3-6-13-27)28-14-7-4-8-15-28/h3-10,12-17,26,29H,11,18-25H2,1-2H3,(H,35,36,41). The normalized spacial score (nSPS) is 14.0. The Kier molecular flexibility index (Phi) is 10.2. The van der Waals surface area contributed by atoms with Crippen molar-refractivity contribution in [3.63, 3.8) is 0 Å². The van der Waals surface area contributed by atoms with Gasteiger partial charge in [0.05, 0.1) is 10.2 Å². The Bertz CT molecular complexity index is 1360. The van der Waals surface area contributed by atoms with Gasteiger partial charge < -0.3 is 9.80 Å². The largest absolute Gasteiger partial charge is 0.340 e. The Morgan fingerprint density at radius 3 is 2.10 bits per heavy atom. The molecule has 1 N–H and O–H groups in total. The molecule has 5 rings (SSSR count). The molecule has 0 unspecified atom stereocenters. The number of thiazole rings is 1. The Labute approximate surface area is 253 Å². The lowest BCUT2D eigenvalue weighted by molar-refractivity contribution is -0.133. The molecular weight excluding hydrogens is 542 g/mol. The van der Waals surface area contributed by atoms with E-state index in [2.05, 4.69) is 77.6 Å². The lowest BCUT2D eigenvalue weighted by atomic mass is 9.88. The number of aromatic nitrogens is 1. The number of fused-ring (bicyclic) bond motifs is 1. The fourth-order valence-corrected chi connectivity index (χ4v) is 6.51. The molecule has 0 atom stereocenters. The summed E-state index contributed by atoms with van der Waals surface area (Å²) in [6, 6.07) is 29.2. The molecular formula is C34H41N5O2S. The Morgan fingerprint density at radius 1 is 0.857 bits per heavy atom. The minimum atomic E-state index is -0.174. The SMILES string of the molecule is CC(C)N1CCN(C(=O)CCCN(CCC(c2ccccc2)c2ccccc2)C(=O)Nc2nc3ccccc3s2)CC1. The highest BCUT2D eigenvalue weighted by atomic mass is 32.1. The minimum absolute atomic E-state index is 0.157. The number of anilines is 1. The third-order valence-corrected chi connectivity index (χ3v) is 9.05. The number of carbonyl (C=O) groups is 2. The Morgan fingerprint density at radius 2 is 1.48 bits per heavy atom. The smallest absolute Gasteiger partial charge is 0.323 e. The van der Waals surface area contributed by atoms with Crippen molar-refractivity contribution in [3.05, 3.63) is 96.1 Å². The van der Waals surface area contributed by atoms with Crippen molar-refractivity contribution in [2.24, 2.45) is 0 Å². The van der Waals surface area contributed by atoms with Gasteiger partial charge >= 0.3 is 6.03 Å². The molecule has 2 heterocycles. The van der Waals surface area contributed by atoms with Crippen LogP contribution in [0.4, 0.5) is 9.93 Å². The fourth-order valence-electron chi connectivity index (χ4n) is 5.66. The van der Waals surface area contributed by atoms with Crippen molar-refractivity contribution in [1.82, 2.24) is 19.7 Å². The van der Waals surface area contributed by atoms with Crippen molar-refractivity contribution in [2.45, 2.75) is 45.1 Å². The van der Waals surface area contributed by atoms with E-state index in [0.29, 0.717) is 37.1 Å². The number of hydrogen-bond acceptors (Lipinski definition) is 5. The van der Waals surface area contributed by atoms with Crippen molar-refractivity contribution in [2.75, 3.05) is 44.6 Å². The highest BCUT2D eigenvalue weighted by molar-refractivity contribution is 7.22. The van der Waals surface area contributed by atoms with Gasteiger partial charge in [-0.25, -0.2) is 9.78 Å². The molecule has 1 aliphatic rings. The maximum absolute atomic E-state index is 13.6. The number of para-hydroxylation sites is 1. The number of amides is 3. The van der Waals surface area contributed by atoms with Gasteiger partial charge in [0.2, 0.25) is 5.91 Å². The second kappa shape index (κ2) is 14.4. The summed E-state index contributed by atoms with van der Waals surface area (Å²) in [7, 11) is 0. The van der Waals surface area contributed by atoms with Gasteiger partial charge in [0, 0.05) is 57.6 Å². The predicted octanol–water partition coefficient (Wildman–Crippen LogP) is 6.69. The molecule has 4 aromatic rings. The highest BCUT2D eigenvalue weighted by Gasteiger charge is 2.24. The number of piperazine rings is 1. The van der Waals surface area contributed by atoms with Crippen LogP contribution in [0, 0.1) is 0 Å². The van der Waals surface area contributed by atoms with Crippen molar-refractivity contribution in [1.29, 1.82) is 0 Å². The number of benzene rings is 3. The summed E-state index contributed by atoms with van der Waals surface area (Å²) >= 11 is 1.48. The summed E-state index contributed by atoms with van der Waals surface area (Å²) in [5, 5.41) is 3.64. The van der Waals surface area contributed by atoms with E-state index in [9.17, 15) is 9.59 Å². The zero-order valence-electron chi connectivity index (χ0n) is 24.6. The van der Waals surface area contributed by atoms with E-state index in [1.807, 2.05) is 46.2 Å². The van der Waals surface area contributed by atoms with Crippen LogP contribution in [0.1, 0.15) is 50.2 Å². The Balaban J connectivity index is 1.26. The van der Waals surface area contributed by atoms with Crippen molar-refractivity contribution in [3.8, 4) is 0 Å². The molecule has 8 heteroatoms. The van der Waals surface area contributed by atoms with Crippen molar-refractivity contribution < 1.29 is 9.59 Å². The number of carbonyl (C=O) groups excluding carboxylic acids is 2. The second-order valence-corrected chi connectivity index (χ2v) is 12.2. The minimum Gasteiger partial charge on any atom is -0.340 e. The van der Waals surface area contributed by atoms with Gasteiger partial charge in [0.1, 0.15) is 0 Å². The van der Waals surface area contributed by atoms with Crippen LogP contribution in [0.5, 0.6) is 0 Å². The first kappa shape index (κ1) is 29.7. The third kappa shape index (κ3) is 7.75. The summed E-state index contributed by atoms with van der Waals surface area (Å²) < 4.78 is 1.04. The lowest BCUT2D eigenvalue weighted by Gasteiger charge is -2.37. The molecule has 0 spiro atoms. The molecule has 7 nitrogen and oxygen atoms in total. The van der Waals surface area contributed by atoms with Gasteiger partial charge in [-0.15, -0.1) is 0 Å². The van der Waals surface area contributed by atoms with E-state index in [1.165, 1.54) is 22.5 Å². The van der Waals surface area contributed by atoms with Gasteiger partial charge in [-0.1, -0.05) is 84.1 Å². The predicted molar refractivity (Wildman–Crippen MR) is 172 cm³/mol. The molecule has 0 radical (unpaired) electrons. The van der Waals surface area contributed by atoms with Crippen LogP contribution in [0.2, 0.25) is 0 Å². The number of rotatable bonds is 11. The van der Waals surface area contributed by atoms with E-state index >= 15 is 0 Å². The molecule has 0 aliphatic carbocycles. The quantitative estimate of drug-likeness (QED) is 0.214. The van der Waals surface area contributed by atoms with E-state index < -0.39 is 0 Å². The molecule has 1 fully saturated rings. The Hall–Kier alpha value is -3.75. The van der Waals surface area contributed by atoms with Gasteiger partial charge in [0.15, 0.2) is 5.13 Å². The second-order valence-electron chi connectivity index (χ2n) is 11.2. The number of urea groups is 1. The van der Waals surface area contributed by atoms with Gasteiger partial charge in [0.25, 0.3) is 0 Å². The van der Waals surface area contributed by atoms with Crippen LogP contribution in [-0.4, -0.2) is 76.9 Å². The maximum Gasteiger partial charge on any atom is 0.323 e. The monoisotopic (exact) mass is 583 g/mol. The van der Waals surface area contributed by atoms with Crippen LogP contribution in [-0.2, 0) is 4.79 Å². The zero-order chi connectivity index (χ0) is 29.3. The first-order valence-corrected chi connectivity index (χ1v) is 15.8. The van der Waals surface area contributed by atoms with Crippen molar-refractivity contribution >= 4 is 38.6 Å². The lowest BCUT2D eigenvalue weighted by Crippen LogP contribution is -2.50. The highest BCUT2D eigenvalue weighted by Crippen LogP contribution is 2.29. The topological polar surface area (TPSA) is 68.8 Å². The summed E-state index contributed by atoms with van der Waals surface area (Å²) in [4.78, 5) is 37.5. The molecule has 3 aromatic carbocycles. The average Bonchev–Trinajstić information content (AvgIpc) is 3.43. The van der Waals surface area contributed by atoms with E-state index in [-0.39, 0.29) is 17.9 Å². The summed E-state index contributed by atoms with van der Waals surface area (Å²) in [6.07, 6.45) is 1.83. The van der Waals surface area contributed by atoms with Gasteiger partial charge in [-0.05, 0) is 49.9 Å².